The zero-order valence-corrected chi connectivity index (χ0v) is 14.6. The number of carbonyl (C=O) groups is 1. The van der Waals surface area contributed by atoms with Gasteiger partial charge in [-0.1, -0.05) is 17.3 Å². The van der Waals surface area contributed by atoms with Crippen LogP contribution in [0.4, 0.5) is 10.3 Å². The maximum absolute atomic E-state index is 13.1. The molecule has 0 unspecified atom stereocenters. The van der Waals surface area contributed by atoms with Gasteiger partial charge >= 0.3 is 0 Å². The predicted octanol–water partition coefficient (Wildman–Crippen LogP) is 3.25. The van der Waals surface area contributed by atoms with Crippen LogP contribution < -0.4 is 5.32 Å². The van der Waals surface area contributed by atoms with Gasteiger partial charge in [0.2, 0.25) is 11.8 Å². The van der Waals surface area contributed by atoms with Crippen LogP contribution in [0.1, 0.15) is 11.3 Å². The largest absolute Gasteiger partial charge is 0.337 e. The minimum atomic E-state index is -0.328. The van der Waals surface area contributed by atoms with E-state index in [1.807, 2.05) is 24.1 Å². The molecule has 0 aliphatic heterocycles. The maximum atomic E-state index is 13.1. The third-order valence-electron chi connectivity index (χ3n) is 3.86. The molecule has 0 aliphatic rings. The van der Waals surface area contributed by atoms with Gasteiger partial charge in [-0.15, -0.1) is 0 Å². The van der Waals surface area contributed by atoms with Gasteiger partial charge in [0.25, 0.3) is 0 Å². The average Bonchev–Trinajstić information content (AvgIpc) is 2.96. The van der Waals surface area contributed by atoms with E-state index in [1.54, 1.807) is 31.5 Å². The molecule has 3 aromatic rings. The molecule has 7 heteroatoms. The number of nitrogens with one attached hydrogen (secondary N) is 1. The molecule has 0 radical (unpaired) electrons. The fourth-order valence-corrected chi connectivity index (χ4v) is 2.68. The van der Waals surface area contributed by atoms with Gasteiger partial charge in [0.05, 0.1) is 17.8 Å². The van der Waals surface area contributed by atoms with Crippen LogP contribution in [0.2, 0.25) is 0 Å². The summed E-state index contributed by atoms with van der Waals surface area (Å²) in [5, 5.41) is 6.66. The Morgan fingerprint density at radius 2 is 1.88 bits per heavy atom. The number of rotatable bonds is 6. The molecule has 6 nitrogen and oxygen atoms in total. The van der Waals surface area contributed by atoms with Gasteiger partial charge in [0, 0.05) is 18.9 Å². The van der Waals surface area contributed by atoms with E-state index < -0.39 is 0 Å². The van der Waals surface area contributed by atoms with Gasteiger partial charge in [0.15, 0.2) is 0 Å². The SMILES string of the molecule is Cc1noc(NC(=O)CN(C)Cc2ccncc2)c1-c1ccc(F)cc1. The van der Waals surface area contributed by atoms with Crippen molar-refractivity contribution >= 4 is 11.8 Å². The van der Waals surface area contributed by atoms with Crippen molar-refractivity contribution in [2.24, 2.45) is 0 Å². The number of aryl methyl sites for hydroxylation is 1. The molecule has 0 saturated heterocycles. The van der Waals surface area contributed by atoms with Crippen molar-refractivity contribution in [2.75, 3.05) is 18.9 Å². The first kappa shape index (κ1) is 17.8. The van der Waals surface area contributed by atoms with Crippen molar-refractivity contribution < 1.29 is 13.7 Å². The van der Waals surface area contributed by atoms with Crippen LogP contribution in [0.25, 0.3) is 11.1 Å². The van der Waals surface area contributed by atoms with E-state index in [2.05, 4.69) is 15.5 Å². The number of hydrogen-bond donors (Lipinski definition) is 1. The summed E-state index contributed by atoms with van der Waals surface area (Å²) in [4.78, 5) is 18.2. The number of pyridine rings is 1. The highest BCUT2D eigenvalue weighted by molar-refractivity contribution is 5.95. The quantitative estimate of drug-likeness (QED) is 0.736. The van der Waals surface area contributed by atoms with Crippen LogP contribution in [-0.2, 0) is 11.3 Å². The number of halogens is 1. The molecule has 1 N–H and O–H groups in total. The van der Waals surface area contributed by atoms with Crippen LogP contribution in [0, 0.1) is 12.7 Å². The molecule has 0 aliphatic carbocycles. The Kier molecular flexibility index (Phi) is 5.38. The smallest absolute Gasteiger partial charge is 0.240 e. The number of aromatic nitrogens is 2. The minimum Gasteiger partial charge on any atom is -0.337 e. The monoisotopic (exact) mass is 354 g/mol. The van der Waals surface area contributed by atoms with Crippen molar-refractivity contribution in [1.29, 1.82) is 0 Å². The molecule has 0 atom stereocenters. The summed E-state index contributed by atoms with van der Waals surface area (Å²) in [6.07, 6.45) is 3.44. The molecule has 26 heavy (non-hydrogen) atoms. The molecule has 1 aromatic carbocycles. The van der Waals surface area contributed by atoms with Gasteiger partial charge in [-0.3, -0.25) is 20.0 Å². The Morgan fingerprint density at radius 1 is 1.19 bits per heavy atom. The molecule has 2 aromatic heterocycles. The van der Waals surface area contributed by atoms with E-state index in [0.717, 1.165) is 11.1 Å². The fraction of sp³-hybridized carbons (Fsp3) is 0.211. The van der Waals surface area contributed by atoms with E-state index in [0.29, 0.717) is 17.8 Å². The second-order valence-corrected chi connectivity index (χ2v) is 6.05. The number of likely N-dealkylation sites (N-methyl/N-ethyl adjacent to an activating group) is 1. The summed E-state index contributed by atoms with van der Waals surface area (Å²) in [6, 6.07) is 9.77. The standard InChI is InChI=1S/C19H19FN4O2/c1-13-18(15-3-5-16(20)6-4-15)19(26-23-13)22-17(25)12-24(2)11-14-7-9-21-10-8-14/h3-10H,11-12H2,1-2H3,(H,22,25). The van der Waals surface area contributed by atoms with Crippen LogP contribution in [0.5, 0.6) is 0 Å². The summed E-state index contributed by atoms with van der Waals surface area (Å²) in [5.74, 6) is -0.288. The summed E-state index contributed by atoms with van der Waals surface area (Å²) in [5.41, 5.74) is 3.07. The zero-order chi connectivity index (χ0) is 18.5. The van der Waals surface area contributed by atoms with Crippen LogP contribution in [0.15, 0.2) is 53.3 Å². The number of nitrogens with zero attached hydrogens (tertiary/aromatic N) is 3. The van der Waals surface area contributed by atoms with Crippen LogP contribution >= 0.6 is 0 Å². The van der Waals surface area contributed by atoms with E-state index in [4.69, 9.17) is 4.52 Å². The van der Waals surface area contributed by atoms with Crippen LogP contribution in [0.3, 0.4) is 0 Å². The highest BCUT2D eigenvalue weighted by atomic mass is 19.1. The lowest BCUT2D eigenvalue weighted by atomic mass is 10.1. The number of anilines is 1. The first-order chi connectivity index (χ1) is 12.5. The third-order valence-corrected chi connectivity index (χ3v) is 3.86. The normalized spacial score (nSPS) is 10.9. The van der Waals surface area contributed by atoms with Crippen molar-refractivity contribution in [3.05, 3.63) is 65.9 Å². The van der Waals surface area contributed by atoms with E-state index in [-0.39, 0.29) is 24.2 Å². The lowest BCUT2D eigenvalue weighted by Crippen LogP contribution is -2.29. The number of benzene rings is 1. The topological polar surface area (TPSA) is 71.3 Å². The van der Waals surface area contributed by atoms with Crippen molar-refractivity contribution in [2.45, 2.75) is 13.5 Å². The van der Waals surface area contributed by atoms with Crippen molar-refractivity contribution in [1.82, 2.24) is 15.0 Å². The average molecular weight is 354 g/mol. The molecule has 0 fully saturated rings. The van der Waals surface area contributed by atoms with Gasteiger partial charge in [-0.05, 0) is 49.4 Å². The van der Waals surface area contributed by atoms with E-state index >= 15 is 0 Å². The second-order valence-electron chi connectivity index (χ2n) is 6.05. The first-order valence-electron chi connectivity index (χ1n) is 8.12. The van der Waals surface area contributed by atoms with Gasteiger partial charge in [-0.25, -0.2) is 4.39 Å². The van der Waals surface area contributed by atoms with Crippen LogP contribution in [-0.4, -0.2) is 34.5 Å². The van der Waals surface area contributed by atoms with E-state index in [9.17, 15) is 9.18 Å². The highest BCUT2D eigenvalue weighted by Gasteiger charge is 2.18. The Hall–Kier alpha value is -3.06. The Bertz CT molecular complexity index is 878. The molecule has 3 rings (SSSR count). The second kappa shape index (κ2) is 7.88. The highest BCUT2D eigenvalue weighted by Crippen LogP contribution is 2.31. The van der Waals surface area contributed by atoms with E-state index in [1.165, 1.54) is 12.1 Å². The predicted molar refractivity (Wildman–Crippen MR) is 95.8 cm³/mol. The van der Waals surface area contributed by atoms with Gasteiger partial charge < -0.3 is 4.52 Å². The molecular weight excluding hydrogens is 335 g/mol. The van der Waals surface area contributed by atoms with Gasteiger partial charge in [0.1, 0.15) is 5.82 Å². The summed E-state index contributed by atoms with van der Waals surface area (Å²) in [7, 11) is 1.85. The Balaban J connectivity index is 1.67. The summed E-state index contributed by atoms with van der Waals surface area (Å²) >= 11 is 0. The molecule has 1 amide bonds. The molecule has 0 saturated carbocycles. The third kappa shape index (κ3) is 4.31. The molecule has 2 heterocycles. The minimum absolute atomic E-state index is 0.185. The lowest BCUT2D eigenvalue weighted by Gasteiger charge is -2.15. The number of amides is 1. The van der Waals surface area contributed by atoms with Crippen molar-refractivity contribution in [3.63, 3.8) is 0 Å². The zero-order valence-electron chi connectivity index (χ0n) is 14.6. The Labute approximate surface area is 150 Å². The fourth-order valence-electron chi connectivity index (χ4n) is 2.68. The molecule has 0 spiro atoms. The van der Waals surface area contributed by atoms with Gasteiger partial charge in [-0.2, -0.15) is 0 Å². The number of carbonyl (C=O) groups excluding carboxylic acids is 1. The molecule has 0 bridgehead atoms. The molecular formula is C19H19FN4O2. The first-order valence-corrected chi connectivity index (χ1v) is 8.12. The van der Waals surface area contributed by atoms with Crippen molar-refractivity contribution in [3.8, 4) is 11.1 Å². The summed E-state index contributed by atoms with van der Waals surface area (Å²) in [6.45, 7) is 2.58. The Morgan fingerprint density at radius 3 is 2.58 bits per heavy atom. The summed E-state index contributed by atoms with van der Waals surface area (Å²) < 4.78 is 18.4. The maximum Gasteiger partial charge on any atom is 0.240 e. The number of hydrogen-bond acceptors (Lipinski definition) is 5. The lowest BCUT2D eigenvalue weighted by molar-refractivity contribution is -0.117. The molecule has 134 valence electrons.